The zero-order chi connectivity index (χ0) is 19.4. The summed E-state index contributed by atoms with van der Waals surface area (Å²) in [7, 11) is 0. The molecule has 0 atom stereocenters. The van der Waals surface area contributed by atoms with Crippen molar-refractivity contribution in [3.05, 3.63) is 29.3 Å². The van der Waals surface area contributed by atoms with Crippen LogP contribution in [0.3, 0.4) is 0 Å². The van der Waals surface area contributed by atoms with Crippen LogP contribution < -0.4 is 4.74 Å². The molecule has 1 aromatic carbocycles. The molecule has 1 saturated heterocycles. The van der Waals surface area contributed by atoms with Gasteiger partial charge < -0.3 is 24.6 Å². The molecule has 1 aliphatic rings. The molecular weight excluding hydrogens is 362 g/mol. The molecule has 8 heteroatoms. The first kappa shape index (κ1) is 22.2. The normalized spacial score (nSPS) is 15.0. The molecule has 0 spiro atoms. The Labute approximate surface area is 158 Å². The molecule has 146 valence electrons. The van der Waals surface area contributed by atoms with E-state index in [9.17, 15) is 0 Å². The topological polar surface area (TPSA) is 96.3 Å². The number of benzene rings is 1. The van der Waals surface area contributed by atoms with Gasteiger partial charge in [0, 0.05) is 11.6 Å². The van der Waals surface area contributed by atoms with Gasteiger partial charge in [-0.05, 0) is 50.0 Å². The highest BCUT2D eigenvalue weighted by atomic mass is 35.5. The first-order valence-corrected chi connectivity index (χ1v) is 8.91. The number of likely N-dealkylation sites (tertiary alicyclic amines) is 1. The van der Waals surface area contributed by atoms with Crippen molar-refractivity contribution in [3.8, 4) is 5.75 Å². The average Bonchev–Trinajstić information content (AvgIpc) is 2.60. The lowest BCUT2D eigenvalue weighted by atomic mass is 9.99. The van der Waals surface area contributed by atoms with E-state index in [2.05, 4.69) is 11.8 Å². The van der Waals surface area contributed by atoms with E-state index in [4.69, 9.17) is 40.9 Å². The number of carboxylic acids is 2. The standard InChI is InChI=1S/C16H24ClNO2.C2H2O4/c1-14-5-7-18(8-6-14)9-10-19-11-12-20-16-4-2-3-15(17)13-16;3-1(4)2(5)6/h2-4,13-14H,5-12H2,1H3;(H,3,4)(H,5,6). The van der Waals surface area contributed by atoms with E-state index in [1.807, 2.05) is 24.3 Å². The molecule has 2 rings (SSSR count). The van der Waals surface area contributed by atoms with Crippen LogP contribution in [0.5, 0.6) is 5.75 Å². The maximum Gasteiger partial charge on any atom is 0.414 e. The molecule has 26 heavy (non-hydrogen) atoms. The molecule has 0 aromatic heterocycles. The van der Waals surface area contributed by atoms with E-state index in [1.54, 1.807) is 0 Å². The Morgan fingerprint density at radius 1 is 1.15 bits per heavy atom. The second-order valence-electron chi connectivity index (χ2n) is 6.05. The van der Waals surface area contributed by atoms with Crippen LogP contribution in [0.4, 0.5) is 0 Å². The van der Waals surface area contributed by atoms with Gasteiger partial charge >= 0.3 is 11.9 Å². The number of carboxylic acid groups (broad SMARTS) is 2. The number of nitrogens with zero attached hydrogens (tertiary/aromatic N) is 1. The van der Waals surface area contributed by atoms with Crippen molar-refractivity contribution < 1.29 is 29.3 Å². The van der Waals surface area contributed by atoms with Crippen molar-refractivity contribution in [1.29, 1.82) is 0 Å². The van der Waals surface area contributed by atoms with Gasteiger partial charge in [0.1, 0.15) is 12.4 Å². The van der Waals surface area contributed by atoms with Crippen molar-refractivity contribution in [2.24, 2.45) is 5.92 Å². The highest BCUT2D eigenvalue weighted by molar-refractivity contribution is 6.30. The van der Waals surface area contributed by atoms with Gasteiger partial charge in [-0.3, -0.25) is 0 Å². The quantitative estimate of drug-likeness (QED) is 0.548. The van der Waals surface area contributed by atoms with E-state index >= 15 is 0 Å². The maximum atomic E-state index is 9.10. The lowest BCUT2D eigenvalue weighted by Crippen LogP contribution is -2.35. The summed E-state index contributed by atoms with van der Waals surface area (Å²) < 4.78 is 11.2. The van der Waals surface area contributed by atoms with Crippen molar-refractivity contribution in [1.82, 2.24) is 4.90 Å². The number of halogens is 1. The third kappa shape index (κ3) is 10.2. The van der Waals surface area contributed by atoms with Gasteiger partial charge in [0.2, 0.25) is 0 Å². The number of rotatable bonds is 7. The van der Waals surface area contributed by atoms with E-state index in [-0.39, 0.29) is 0 Å². The predicted octanol–water partition coefficient (Wildman–Crippen LogP) is 2.62. The zero-order valence-electron chi connectivity index (χ0n) is 14.9. The van der Waals surface area contributed by atoms with Crippen molar-refractivity contribution >= 4 is 23.5 Å². The fraction of sp³-hybridized carbons (Fsp3) is 0.556. The predicted molar refractivity (Wildman–Crippen MR) is 97.9 cm³/mol. The fourth-order valence-electron chi connectivity index (χ4n) is 2.36. The summed E-state index contributed by atoms with van der Waals surface area (Å²) >= 11 is 5.89. The van der Waals surface area contributed by atoms with Crippen LogP contribution in [0.15, 0.2) is 24.3 Å². The van der Waals surface area contributed by atoms with E-state index < -0.39 is 11.9 Å². The highest BCUT2D eigenvalue weighted by Crippen LogP contribution is 2.17. The molecule has 0 unspecified atom stereocenters. The summed E-state index contributed by atoms with van der Waals surface area (Å²) in [5.74, 6) is -1.96. The Morgan fingerprint density at radius 2 is 1.81 bits per heavy atom. The van der Waals surface area contributed by atoms with Gasteiger partial charge in [-0.1, -0.05) is 24.6 Å². The minimum Gasteiger partial charge on any atom is -0.491 e. The summed E-state index contributed by atoms with van der Waals surface area (Å²) in [6.07, 6.45) is 2.63. The molecule has 0 aliphatic carbocycles. The molecule has 0 saturated carbocycles. The van der Waals surface area contributed by atoms with Crippen LogP contribution in [0, 0.1) is 5.92 Å². The minimum absolute atomic E-state index is 0.567. The van der Waals surface area contributed by atoms with Crippen LogP contribution >= 0.6 is 11.6 Å². The lowest BCUT2D eigenvalue weighted by Gasteiger charge is -2.29. The monoisotopic (exact) mass is 387 g/mol. The van der Waals surface area contributed by atoms with Gasteiger partial charge in [-0.25, -0.2) is 9.59 Å². The molecule has 0 amide bonds. The van der Waals surface area contributed by atoms with Crippen LogP contribution in [0.25, 0.3) is 0 Å². The van der Waals surface area contributed by atoms with Crippen LogP contribution in [0.1, 0.15) is 19.8 Å². The highest BCUT2D eigenvalue weighted by Gasteiger charge is 2.14. The van der Waals surface area contributed by atoms with Crippen LogP contribution in [0.2, 0.25) is 5.02 Å². The Bertz CT molecular complexity index is 548. The Kier molecular flexibility index (Phi) is 10.7. The summed E-state index contributed by atoms with van der Waals surface area (Å²) in [5, 5.41) is 15.5. The second-order valence-corrected chi connectivity index (χ2v) is 6.49. The summed E-state index contributed by atoms with van der Waals surface area (Å²) in [4.78, 5) is 20.7. The Morgan fingerprint density at radius 3 is 2.38 bits per heavy atom. The number of ether oxygens (including phenoxy) is 2. The number of carbonyl (C=O) groups is 2. The number of hydrogen-bond acceptors (Lipinski definition) is 5. The summed E-state index contributed by atoms with van der Waals surface area (Å²) in [5.41, 5.74) is 0. The summed E-state index contributed by atoms with van der Waals surface area (Å²) in [6, 6.07) is 7.44. The van der Waals surface area contributed by atoms with Crippen molar-refractivity contribution in [3.63, 3.8) is 0 Å². The van der Waals surface area contributed by atoms with Gasteiger partial charge in [0.25, 0.3) is 0 Å². The smallest absolute Gasteiger partial charge is 0.414 e. The SMILES string of the molecule is CC1CCN(CCOCCOc2cccc(Cl)c2)CC1.O=C(O)C(=O)O. The van der Waals surface area contributed by atoms with Gasteiger partial charge in [0.15, 0.2) is 0 Å². The molecule has 2 N–H and O–H groups in total. The van der Waals surface area contributed by atoms with Gasteiger partial charge in [0.05, 0.1) is 13.2 Å². The number of piperidine rings is 1. The van der Waals surface area contributed by atoms with Crippen molar-refractivity contribution in [2.75, 3.05) is 39.5 Å². The molecule has 0 bridgehead atoms. The van der Waals surface area contributed by atoms with E-state index in [0.717, 1.165) is 24.8 Å². The molecule has 0 radical (unpaired) electrons. The van der Waals surface area contributed by atoms with Gasteiger partial charge in [-0.2, -0.15) is 0 Å². The first-order valence-electron chi connectivity index (χ1n) is 8.53. The molecule has 1 aliphatic heterocycles. The summed E-state index contributed by atoms with van der Waals surface area (Å²) in [6.45, 7) is 7.76. The molecular formula is C18H26ClNO6. The van der Waals surface area contributed by atoms with E-state index in [1.165, 1.54) is 25.9 Å². The largest absolute Gasteiger partial charge is 0.491 e. The number of aliphatic carboxylic acids is 2. The Hall–Kier alpha value is -1.83. The number of hydrogen-bond donors (Lipinski definition) is 2. The van der Waals surface area contributed by atoms with Crippen LogP contribution in [-0.2, 0) is 14.3 Å². The Balaban J connectivity index is 0.000000487. The minimum atomic E-state index is -1.82. The first-order chi connectivity index (χ1) is 12.4. The average molecular weight is 388 g/mol. The third-order valence-corrected chi connectivity index (χ3v) is 4.14. The lowest BCUT2D eigenvalue weighted by molar-refractivity contribution is -0.159. The third-order valence-electron chi connectivity index (χ3n) is 3.90. The maximum absolute atomic E-state index is 9.10. The van der Waals surface area contributed by atoms with Gasteiger partial charge in [-0.15, -0.1) is 0 Å². The molecule has 1 aromatic rings. The molecule has 1 heterocycles. The molecule has 1 fully saturated rings. The second kappa shape index (κ2) is 12.5. The van der Waals surface area contributed by atoms with E-state index in [0.29, 0.717) is 18.2 Å². The molecule has 7 nitrogen and oxygen atoms in total. The van der Waals surface area contributed by atoms with Crippen LogP contribution in [-0.4, -0.2) is 66.5 Å². The zero-order valence-corrected chi connectivity index (χ0v) is 15.7. The fourth-order valence-corrected chi connectivity index (χ4v) is 2.54. The van der Waals surface area contributed by atoms with Crippen molar-refractivity contribution in [2.45, 2.75) is 19.8 Å².